The molecule has 0 aromatic rings. The maximum Gasteiger partial charge on any atom is 0.0932 e. The molecule has 1 rings (SSSR count). The molecule has 1 aliphatic rings. The molecule has 0 bridgehead atoms. The molecule has 1 heterocycles. The first-order valence-electron chi connectivity index (χ1n) is 3.17. The molecule has 1 atom stereocenters. The second-order valence-corrected chi connectivity index (χ2v) is 2.01. The molecule has 0 N–H and O–H groups in total. The SMILES string of the molecule is CCC1COC([N-]C)=N1.[Y]. The predicted molar refractivity (Wildman–Crippen MR) is 36.7 cm³/mol. The fourth-order valence-corrected chi connectivity index (χ4v) is 0.733. The predicted octanol–water partition coefficient (Wildman–Crippen LogP) is 1.15. The molecule has 0 fully saturated rings. The molecule has 4 heteroatoms. The topological polar surface area (TPSA) is 35.7 Å². The van der Waals surface area contributed by atoms with Gasteiger partial charge in [0, 0.05) is 32.7 Å². The van der Waals surface area contributed by atoms with Crippen LogP contribution in [0.25, 0.3) is 5.32 Å². The minimum Gasteiger partial charge on any atom is -0.501 e. The molecule has 0 amide bonds. The molecule has 1 unspecified atom stereocenters. The van der Waals surface area contributed by atoms with Gasteiger partial charge < -0.3 is 15.0 Å². The van der Waals surface area contributed by atoms with Gasteiger partial charge in [0.25, 0.3) is 0 Å². The normalized spacial score (nSPS) is 22.6. The Kier molecular flexibility index (Phi) is 5.27. The van der Waals surface area contributed by atoms with Gasteiger partial charge in [0.2, 0.25) is 0 Å². The summed E-state index contributed by atoms with van der Waals surface area (Å²) in [4.78, 5) is 4.15. The van der Waals surface area contributed by atoms with Gasteiger partial charge in [-0.15, -0.1) is 0 Å². The van der Waals surface area contributed by atoms with Gasteiger partial charge in [-0.05, 0) is 6.04 Å². The average molecular weight is 216 g/mol. The quantitative estimate of drug-likeness (QED) is 0.647. The van der Waals surface area contributed by atoms with Crippen LogP contribution in [0.1, 0.15) is 13.3 Å². The number of rotatable bonds is 1. The third-order valence-electron chi connectivity index (χ3n) is 1.36. The molecule has 0 saturated heterocycles. The van der Waals surface area contributed by atoms with Gasteiger partial charge in [0.05, 0.1) is 12.6 Å². The third-order valence-corrected chi connectivity index (χ3v) is 1.36. The minimum atomic E-state index is 0. The Balaban J connectivity index is 0.000000810. The third kappa shape index (κ3) is 2.55. The van der Waals surface area contributed by atoms with Crippen LogP contribution < -0.4 is 0 Å². The number of hydrogen-bond donors (Lipinski definition) is 0. The fraction of sp³-hybridized carbons (Fsp3) is 0.833. The largest absolute Gasteiger partial charge is 0.501 e. The average Bonchev–Trinajstić information content (AvgIpc) is 2.34. The molecular formula is C6H11N2OY-. The van der Waals surface area contributed by atoms with Crippen LogP contribution in [0, 0.1) is 0 Å². The monoisotopic (exact) mass is 216 g/mol. The van der Waals surface area contributed by atoms with Gasteiger partial charge >= 0.3 is 0 Å². The molecule has 0 aromatic carbocycles. The molecule has 55 valence electrons. The van der Waals surface area contributed by atoms with Gasteiger partial charge in [-0.2, -0.15) is 0 Å². The molecule has 0 spiro atoms. The van der Waals surface area contributed by atoms with Crippen molar-refractivity contribution in [2.75, 3.05) is 13.7 Å². The van der Waals surface area contributed by atoms with E-state index in [0.717, 1.165) is 6.42 Å². The summed E-state index contributed by atoms with van der Waals surface area (Å²) < 4.78 is 5.09. The van der Waals surface area contributed by atoms with E-state index in [9.17, 15) is 0 Å². The summed E-state index contributed by atoms with van der Waals surface area (Å²) in [6.45, 7) is 2.80. The van der Waals surface area contributed by atoms with E-state index in [1.54, 1.807) is 7.05 Å². The van der Waals surface area contributed by atoms with Crippen LogP contribution >= 0.6 is 0 Å². The van der Waals surface area contributed by atoms with Crippen molar-refractivity contribution in [1.29, 1.82) is 0 Å². The van der Waals surface area contributed by atoms with Crippen LogP contribution in [0.2, 0.25) is 0 Å². The summed E-state index contributed by atoms with van der Waals surface area (Å²) in [6, 6.07) is 0.908. The van der Waals surface area contributed by atoms with Crippen LogP contribution in [0.15, 0.2) is 4.99 Å². The van der Waals surface area contributed by atoms with Gasteiger partial charge in [-0.3, -0.25) is 0 Å². The van der Waals surface area contributed by atoms with E-state index >= 15 is 0 Å². The Morgan fingerprint density at radius 2 is 2.50 bits per heavy atom. The number of hydrogen-bond acceptors (Lipinski definition) is 2. The van der Waals surface area contributed by atoms with Crippen molar-refractivity contribution in [1.82, 2.24) is 0 Å². The number of nitrogens with zero attached hydrogens (tertiary/aromatic N) is 2. The van der Waals surface area contributed by atoms with Crippen LogP contribution in [0.5, 0.6) is 0 Å². The first-order valence-corrected chi connectivity index (χ1v) is 3.17. The molecule has 0 saturated carbocycles. The summed E-state index contributed by atoms with van der Waals surface area (Å²) in [7, 11) is 1.69. The molecule has 1 radical (unpaired) electrons. The second-order valence-electron chi connectivity index (χ2n) is 2.01. The zero-order valence-corrected chi connectivity index (χ0v) is 9.21. The van der Waals surface area contributed by atoms with E-state index in [1.165, 1.54) is 0 Å². The van der Waals surface area contributed by atoms with Crippen LogP contribution in [-0.4, -0.2) is 25.7 Å². The summed E-state index contributed by atoms with van der Waals surface area (Å²) >= 11 is 0. The van der Waals surface area contributed by atoms with Gasteiger partial charge in [0.15, 0.2) is 0 Å². The Hall–Kier alpha value is 0.374. The van der Waals surface area contributed by atoms with Crippen LogP contribution in [0.4, 0.5) is 0 Å². The molecule has 3 nitrogen and oxygen atoms in total. The second kappa shape index (κ2) is 5.08. The molecule has 10 heavy (non-hydrogen) atoms. The Morgan fingerprint density at radius 1 is 1.80 bits per heavy atom. The number of ether oxygens (including phenoxy) is 1. The zero-order valence-electron chi connectivity index (χ0n) is 6.37. The first kappa shape index (κ1) is 10.4. The van der Waals surface area contributed by atoms with Crippen molar-refractivity contribution in [2.24, 2.45) is 4.99 Å². The summed E-state index contributed by atoms with van der Waals surface area (Å²) in [5.41, 5.74) is 0. The van der Waals surface area contributed by atoms with Crippen molar-refractivity contribution < 1.29 is 37.4 Å². The maximum atomic E-state index is 5.09. The minimum absolute atomic E-state index is 0. The summed E-state index contributed by atoms with van der Waals surface area (Å²) in [5, 5.41) is 3.81. The Morgan fingerprint density at radius 3 is 2.80 bits per heavy atom. The standard InChI is InChI=1S/C6H11N2O.Y/c1-3-5-4-9-6(7-2)8-5;/h5H,3-4H2,1-2H3;/q-1;. The van der Waals surface area contributed by atoms with E-state index in [0.29, 0.717) is 18.7 Å². The van der Waals surface area contributed by atoms with Crippen molar-refractivity contribution in [3.63, 3.8) is 0 Å². The van der Waals surface area contributed by atoms with Crippen molar-refractivity contribution in [3.05, 3.63) is 5.32 Å². The summed E-state index contributed by atoms with van der Waals surface area (Å²) in [5.74, 6) is 0. The van der Waals surface area contributed by atoms with Crippen molar-refractivity contribution >= 4 is 6.02 Å². The number of amidine groups is 1. The van der Waals surface area contributed by atoms with E-state index in [2.05, 4.69) is 17.2 Å². The van der Waals surface area contributed by atoms with E-state index in [4.69, 9.17) is 4.74 Å². The van der Waals surface area contributed by atoms with Gasteiger partial charge in [-0.25, -0.2) is 0 Å². The first-order chi connectivity index (χ1) is 4.36. The Labute approximate surface area is 86.5 Å². The maximum absolute atomic E-state index is 5.09. The van der Waals surface area contributed by atoms with E-state index < -0.39 is 0 Å². The van der Waals surface area contributed by atoms with Gasteiger partial charge in [-0.1, -0.05) is 20.4 Å². The van der Waals surface area contributed by atoms with Crippen molar-refractivity contribution in [2.45, 2.75) is 19.4 Å². The van der Waals surface area contributed by atoms with Crippen molar-refractivity contribution in [3.8, 4) is 0 Å². The van der Waals surface area contributed by atoms with E-state index in [-0.39, 0.29) is 32.7 Å². The smallest absolute Gasteiger partial charge is 0.0932 e. The zero-order chi connectivity index (χ0) is 6.69. The number of aliphatic imine (C=N–C) groups is 1. The molecule has 0 aromatic heterocycles. The van der Waals surface area contributed by atoms with Crippen LogP contribution in [0.3, 0.4) is 0 Å². The Bertz CT molecular complexity index is 127. The van der Waals surface area contributed by atoms with Gasteiger partial charge in [0.1, 0.15) is 0 Å². The molecular weight excluding hydrogens is 205 g/mol. The molecule has 0 aliphatic carbocycles. The molecule has 1 aliphatic heterocycles. The van der Waals surface area contributed by atoms with Crippen LogP contribution in [-0.2, 0) is 37.4 Å². The summed E-state index contributed by atoms with van der Waals surface area (Å²) in [6.07, 6.45) is 1.04. The van der Waals surface area contributed by atoms with E-state index in [1.807, 2.05) is 0 Å². The fourth-order valence-electron chi connectivity index (χ4n) is 0.733.